The average molecular weight is 275 g/mol. The standard InChI is InChI=1S/C14H17N3O3/c1-9(2)17-8-15-6-11(17)7-16-10(3)4-5-12(13(16)18)14(19)20/h4-6,8-9H,7H2,1-3H3,(H,19,20). The molecule has 106 valence electrons. The van der Waals surface area contributed by atoms with Crippen LogP contribution in [0.1, 0.15) is 41.6 Å². The first-order chi connectivity index (χ1) is 9.41. The van der Waals surface area contributed by atoms with Crippen LogP contribution in [-0.4, -0.2) is 25.2 Å². The number of nitrogens with zero attached hydrogens (tertiary/aromatic N) is 3. The number of aryl methyl sites for hydroxylation is 1. The lowest BCUT2D eigenvalue weighted by Crippen LogP contribution is -2.29. The van der Waals surface area contributed by atoms with Gasteiger partial charge in [0.05, 0.1) is 18.6 Å². The van der Waals surface area contributed by atoms with Crippen molar-refractivity contribution in [1.29, 1.82) is 0 Å². The smallest absolute Gasteiger partial charge is 0.341 e. The first kappa shape index (κ1) is 14.0. The fraction of sp³-hybridized carbons (Fsp3) is 0.357. The number of aromatic carboxylic acids is 1. The molecule has 1 N–H and O–H groups in total. The van der Waals surface area contributed by atoms with Gasteiger partial charge in [-0.05, 0) is 32.9 Å². The number of aromatic nitrogens is 3. The van der Waals surface area contributed by atoms with Crippen LogP contribution in [0.25, 0.3) is 0 Å². The van der Waals surface area contributed by atoms with E-state index in [0.717, 1.165) is 11.4 Å². The molecule has 0 atom stereocenters. The van der Waals surface area contributed by atoms with Crippen molar-refractivity contribution in [3.8, 4) is 0 Å². The second kappa shape index (κ2) is 5.32. The lowest BCUT2D eigenvalue weighted by Gasteiger charge is -2.15. The molecule has 6 nitrogen and oxygen atoms in total. The Labute approximate surface area is 116 Å². The van der Waals surface area contributed by atoms with Crippen LogP contribution < -0.4 is 5.56 Å². The maximum absolute atomic E-state index is 12.2. The fourth-order valence-electron chi connectivity index (χ4n) is 2.11. The Balaban J connectivity index is 2.48. The van der Waals surface area contributed by atoms with Crippen molar-refractivity contribution in [2.45, 2.75) is 33.4 Å². The minimum Gasteiger partial charge on any atom is -0.477 e. The van der Waals surface area contributed by atoms with Gasteiger partial charge in [-0.1, -0.05) is 0 Å². The molecule has 0 saturated carbocycles. The molecule has 0 spiro atoms. The molecule has 20 heavy (non-hydrogen) atoms. The summed E-state index contributed by atoms with van der Waals surface area (Å²) in [5.41, 5.74) is 0.879. The third-order valence-corrected chi connectivity index (χ3v) is 3.25. The summed E-state index contributed by atoms with van der Waals surface area (Å²) in [6, 6.07) is 3.21. The van der Waals surface area contributed by atoms with E-state index in [1.54, 1.807) is 25.5 Å². The Morgan fingerprint density at radius 1 is 1.40 bits per heavy atom. The molecule has 0 bridgehead atoms. The number of imidazole rings is 1. The second-order valence-corrected chi connectivity index (χ2v) is 4.97. The number of hydrogen-bond donors (Lipinski definition) is 1. The molecule has 0 radical (unpaired) electrons. The van der Waals surface area contributed by atoms with Gasteiger partial charge in [0.15, 0.2) is 0 Å². The Kier molecular flexibility index (Phi) is 3.74. The summed E-state index contributed by atoms with van der Waals surface area (Å²) < 4.78 is 3.42. The number of carboxylic acid groups (broad SMARTS) is 1. The summed E-state index contributed by atoms with van der Waals surface area (Å²) in [6.07, 6.45) is 3.40. The Bertz CT molecular complexity index is 698. The van der Waals surface area contributed by atoms with Gasteiger partial charge in [-0.15, -0.1) is 0 Å². The third kappa shape index (κ3) is 2.49. The predicted octanol–water partition coefficient (Wildman–Crippen LogP) is 1.68. The van der Waals surface area contributed by atoms with Crippen LogP contribution in [-0.2, 0) is 6.54 Å². The van der Waals surface area contributed by atoms with E-state index in [1.807, 2.05) is 18.4 Å². The van der Waals surface area contributed by atoms with Crippen LogP contribution in [0.15, 0.2) is 29.5 Å². The molecule has 0 aliphatic rings. The van der Waals surface area contributed by atoms with E-state index in [0.29, 0.717) is 6.54 Å². The molecule has 0 fully saturated rings. The molecule has 0 aromatic carbocycles. The Hall–Kier alpha value is -2.37. The highest BCUT2D eigenvalue weighted by Crippen LogP contribution is 2.11. The largest absolute Gasteiger partial charge is 0.477 e. The van der Waals surface area contributed by atoms with E-state index >= 15 is 0 Å². The third-order valence-electron chi connectivity index (χ3n) is 3.25. The highest BCUT2D eigenvalue weighted by Gasteiger charge is 2.14. The molecule has 0 aliphatic carbocycles. The van der Waals surface area contributed by atoms with E-state index in [4.69, 9.17) is 5.11 Å². The van der Waals surface area contributed by atoms with Gasteiger partial charge in [0, 0.05) is 17.9 Å². The molecule has 0 aliphatic heterocycles. The zero-order chi connectivity index (χ0) is 14.9. The van der Waals surface area contributed by atoms with Crippen LogP contribution >= 0.6 is 0 Å². The monoisotopic (exact) mass is 275 g/mol. The van der Waals surface area contributed by atoms with E-state index < -0.39 is 11.5 Å². The quantitative estimate of drug-likeness (QED) is 0.921. The number of carboxylic acids is 1. The lowest BCUT2D eigenvalue weighted by molar-refractivity contribution is 0.0694. The number of rotatable bonds is 4. The van der Waals surface area contributed by atoms with Gasteiger partial charge >= 0.3 is 5.97 Å². The Morgan fingerprint density at radius 2 is 2.10 bits per heavy atom. The van der Waals surface area contributed by atoms with Crippen molar-refractivity contribution in [3.63, 3.8) is 0 Å². The first-order valence-electron chi connectivity index (χ1n) is 6.36. The molecule has 6 heteroatoms. The SMILES string of the molecule is Cc1ccc(C(=O)O)c(=O)n1Cc1cncn1C(C)C. The van der Waals surface area contributed by atoms with Gasteiger partial charge in [0.1, 0.15) is 5.56 Å². The van der Waals surface area contributed by atoms with Crippen LogP contribution in [0.3, 0.4) is 0 Å². The van der Waals surface area contributed by atoms with E-state index in [9.17, 15) is 9.59 Å². The summed E-state index contributed by atoms with van der Waals surface area (Å²) >= 11 is 0. The maximum atomic E-state index is 12.2. The summed E-state index contributed by atoms with van der Waals surface area (Å²) in [7, 11) is 0. The summed E-state index contributed by atoms with van der Waals surface area (Å²) in [4.78, 5) is 27.3. The van der Waals surface area contributed by atoms with Crippen molar-refractivity contribution >= 4 is 5.97 Å². The molecule has 0 saturated heterocycles. The molecule has 0 amide bonds. The zero-order valence-corrected chi connectivity index (χ0v) is 11.7. The minimum absolute atomic E-state index is 0.216. The molecule has 2 rings (SSSR count). The topological polar surface area (TPSA) is 77.1 Å². The van der Waals surface area contributed by atoms with Crippen LogP contribution in [0, 0.1) is 6.92 Å². The van der Waals surface area contributed by atoms with Crippen molar-refractivity contribution in [3.05, 3.63) is 52.0 Å². The molecular formula is C14H17N3O3. The van der Waals surface area contributed by atoms with Gasteiger partial charge in [-0.2, -0.15) is 0 Å². The van der Waals surface area contributed by atoms with Crippen LogP contribution in [0.5, 0.6) is 0 Å². The second-order valence-electron chi connectivity index (χ2n) is 4.97. The zero-order valence-electron chi connectivity index (χ0n) is 11.7. The van der Waals surface area contributed by atoms with E-state index in [2.05, 4.69) is 4.98 Å². The van der Waals surface area contributed by atoms with Gasteiger partial charge in [0.25, 0.3) is 5.56 Å². The highest BCUT2D eigenvalue weighted by molar-refractivity contribution is 5.87. The predicted molar refractivity (Wildman–Crippen MR) is 74.1 cm³/mol. The van der Waals surface area contributed by atoms with E-state index in [1.165, 1.54) is 10.6 Å². The normalized spacial score (nSPS) is 11.0. The highest BCUT2D eigenvalue weighted by atomic mass is 16.4. The van der Waals surface area contributed by atoms with Gasteiger partial charge in [0.2, 0.25) is 0 Å². The molecular weight excluding hydrogens is 258 g/mol. The lowest BCUT2D eigenvalue weighted by atomic mass is 10.2. The van der Waals surface area contributed by atoms with Crippen LogP contribution in [0.2, 0.25) is 0 Å². The van der Waals surface area contributed by atoms with Gasteiger partial charge < -0.3 is 14.2 Å². The van der Waals surface area contributed by atoms with Crippen molar-refractivity contribution < 1.29 is 9.90 Å². The van der Waals surface area contributed by atoms with Crippen molar-refractivity contribution in [2.24, 2.45) is 0 Å². The summed E-state index contributed by atoms with van der Waals surface area (Å²) in [5.74, 6) is -1.21. The van der Waals surface area contributed by atoms with Crippen molar-refractivity contribution in [2.75, 3.05) is 0 Å². The van der Waals surface area contributed by atoms with Crippen LogP contribution in [0.4, 0.5) is 0 Å². The number of carbonyl (C=O) groups is 1. The maximum Gasteiger partial charge on any atom is 0.341 e. The number of hydrogen-bond acceptors (Lipinski definition) is 3. The first-order valence-corrected chi connectivity index (χ1v) is 6.36. The van der Waals surface area contributed by atoms with Gasteiger partial charge in [-0.25, -0.2) is 9.78 Å². The molecule has 0 unspecified atom stereocenters. The van der Waals surface area contributed by atoms with E-state index in [-0.39, 0.29) is 11.6 Å². The molecule has 2 heterocycles. The Morgan fingerprint density at radius 3 is 2.70 bits per heavy atom. The average Bonchev–Trinajstić information content (AvgIpc) is 2.82. The van der Waals surface area contributed by atoms with Crippen molar-refractivity contribution in [1.82, 2.24) is 14.1 Å². The van der Waals surface area contributed by atoms with Gasteiger partial charge in [-0.3, -0.25) is 4.79 Å². The summed E-state index contributed by atoms with van der Waals surface area (Å²) in [6.45, 7) is 6.13. The molecule has 2 aromatic rings. The summed E-state index contributed by atoms with van der Waals surface area (Å²) in [5, 5.41) is 9.02. The fourth-order valence-corrected chi connectivity index (χ4v) is 2.11. The molecule has 2 aromatic heterocycles. The number of pyridine rings is 1. The minimum atomic E-state index is -1.21.